The molecule has 1 nitrogen and oxygen atoms in total. The molecule has 76 valence electrons. The summed E-state index contributed by atoms with van der Waals surface area (Å²) in [5, 5.41) is 3.53. The van der Waals surface area contributed by atoms with Crippen LogP contribution in [-0.4, -0.2) is 20.4 Å². The van der Waals surface area contributed by atoms with Gasteiger partial charge in [0, 0.05) is 6.04 Å². The van der Waals surface area contributed by atoms with Gasteiger partial charge in [-0.1, -0.05) is 40.4 Å². The number of rotatable bonds is 2. The average molecular weight is 181 g/mol. The molecule has 1 atom stereocenters. The Balaban J connectivity index is 0.000000671. The van der Waals surface area contributed by atoms with Crippen molar-refractivity contribution in [3.05, 3.63) is 0 Å². The van der Waals surface area contributed by atoms with Crippen molar-refractivity contribution < 1.29 is 0 Å². The lowest BCUT2D eigenvalue weighted by Crippen LogP contribution is -2.44. The maximum atomic E-state index is 5.70. The highest BCUT2D eigenvalue weighted by atomic mass is 14.9. The number of nitrogens with one attached hydrogen (secondary N) is 1. The number of piperidine rings is 1. The first kappa shape index (κ1) is 13.0. The molecule has 1 aliphatic rings. The SMILES string of the molecule is CC.[B]CC(C)(C)C1CCCCN1. The molecule has 2 heteroatoms. The zero-order valence-electron chi connectivity index (χ0n) is 9.69. The summed E-state index contributed by atoms with van der Waals surface area (Å²) in [6.45, 7) is 9.67. The topological polar surface area (TPSA) is 12.0 Å². The van der Waals surface area contributed by atoms with Crippen LogP contribution in [0.3, 0.4) is 0 Å². The zero-order valence-corrected chi connectivity index (χ0v) is 9.69. The molecule has 0 aliphatic carbocycles. The molecule has 0 amide bonds. The van der Waals surface area contributed by atoms with E-state index in [4.69, 9.17) is 7.85 Å². The lowest BCUT2D eigenvalue weighted by Gasteiger charge is -2.37. The highest BCUT2D eigenvalue weighted by Crippen LogP contribution is 2.29. The Labute approximate surface area is 85.1 Å². The van der Waals surface area contributed by atoms with E-state index in [1.54, 1.807) is 0 Å². The predicted octanol–water partition coefficient (Wildman–Crippen LogP) is 2.77. The summed E-state index contributed by atoms with van der Waals surface area (Å²) in [7, 11) is 5.70. The predicted molar refractivity (Wildman–Crippen MR) is 61.3 cm³/mol. The minimum absolute atomic E-state index is 0.278. The molecule has 1 aliphatic heterocycles. The molecule has 1 rings (SSSR count). The van der Waals surface area contributed by atoms with Gasteiger partial charge in [-0.05, 0) is 24.8 Å². The van der Waals surface area contributed by atoms with Crippen LogP contribution in [0.15, 0.2) is 0 Å². The Morgan fingerprint density at radius 3 is 2.31 bits per heavy atom. The standard InChI is InChI=1S/C9H18BN.C2H6/c1-9(2,7-10)8-5-3-4-6-11-8;1-2/h8,11H,3-7H2,1-2H3;1-2H3. The first-order chi connectivity index (χ1) is 6.17. The van der Waals surface area contributed by atoms with Gasteiger partial charge in [0.05, 0.1) is 7.85 Å². The molecule has 13 heavy (non-hydrogen) atoms. The first-order valence-corrected chi connectivity index (χ1v) is 5.60. The fourth-order valence-corrected chi connectivity index (χ4v) is 1.66. The second-order valence-corrected chi connectivity index (χ2v) is 4.20. The summed E-state index contributed by atoms with van der Waals surface area (Å²) in [6.07, 6.45) is 4.77. The van der Waals surface area contributed by atoms with E-state index in [1.807, 2.05) is 13.8 Å². The third-order valence-corrected chi connectivity index (χ3v) is 2.78. The number of hydrogen-bond donors (Lipinski definition) is 1. The van der Waals surface area contributed by atoms with Gasteiger partial charge in [0.2, 0.25) is 0 Å². The Hall–Kier alpha value is 0.0249. The maximum Gasteiger partial charge on any atom is 0.0661 e. The number of hydrogen-bond acceptors (Lipinski definition) is 1. The van der Waals surface area contributed by atoms with E-state index >= 15 is 0 Å². The van der Waals surface area contributed by atoms with E-state index in [-0.39, 0.29) is 5.41 Å². The molecular formula is C11H24BN. The van der Waals surface area contributed by atoms with E-state index in [9.17, 15) is 0 Å². The minimum Gasteiger partial charge on any atom is -0.313 e. The van der Waals surface area contributed by atoms with E-state index < -0.39 is 0 Å². The van der Waals surface area contributed by atoms with Crippen LogP contribution in [0.2, 0.25) is 6.32 Å². The third kappa shape index (κ3) is 4.17. The van der Waals surface area contributed by atoms with Gasteiger partial charge in [-0.2, -0.15) is 0 Å². The third-order valence-electron chi connectivity index (χ3n) is 2.78. The smallest absolute Gasteiger partial charge is 0.0661 e. The molecule has 0 bridgehead atoms. The van der Waals surface area contributed by atoms with Gasteiger partial charge < -0.3 is 5.32 Å². The Kier molecular flexibility index (Phi) is 6.49. The normalized spacial score (nSPS) is 23.2. The van der Waals surface area contributed by atoms with Crippen LogP contribution in [0.4, 0.5) is 0 Å². The van der Waals surface area contributed by atoms with Gasteiger partial charge in [0.15, 0.2) is 0 Å². The summed E-state index contributed by atoms with van der Waals surface area (Å²) < 4.78 is 0. The van der Waals surface area contributed by atoms with Crippen LogP contribution >= 0.6 is 0 Å². The first-order valence-electron chi connectivity index (χ1n) is 5.60. The Morgan fingerprint density at radius 1 is 1.31 bits per heavy atom. The van der Waals surface area contributed by atoms with Crippen molar-refractivity contribution in [2.24, 2.45) is 5.41 Å². The van der Waals surface area contributed by atoms with Crippen LogP contribution in [-0.2, 0) is 0 Å². The Bertz CT molecular complexity index is 117. The molecule has 1 heterocycles. The largest absolute Gasteiger partial charge is 0.313 e. The van der Waals surface area contributed by atoms with Crippen molar-refractivity contribution >= 4 is 7.85 Å². The fourth-order valence-electron chi connectivity index (χ4n) is 1.66. The van der Waals surface area contributed by atoms with Crippen molar-refractivity contribution in [1.29, 1.82) is 0 Å². The van der Waals surface area contributed by atoms with Gasteiger partial charge in [-0.3, -0.25) is 0 Å². The molecule has 2 radical (unpaired) electrons. The molecule has 0 aromatic rings. The van der Waals surface area contributed by atoms with E-state index in [1.165, 1.54) is 25.8 Å². The van der Waals surface area contributed by atoms with Crippen molar-refractivity contribution in [3.8, 4) is 0 Å². The van der Waals surface area contributed by atoms with E-state index in [0.717, 1.165) is 6.32 Å². The summed E-state index contributed by atoms with van der Waals surface area (Å²) in [4.78, 5) is 0. The molecular weight excluding hydrogens is 157 g/mol. The van der Waals surface area contributed by atoms with E-state index in [2.05, 4.69) is 19.2 Å². The Morgan fingerprint density at radius 2 is 1.92 bits per heavy atom. The minimum atomic E-state index is 0.278. The molecule has 1 saturated heterocycles. The van der Waals surface area contributed by atoms with Gasteiger partial charge >= 0.3 is 0 Å². The molecule has 0 spiro atoms. The lowest BCUT2D eigenvalue weighted by molar-refractivity contribution is 0.227. The van der Waals surface area contributed by atoms with Gasteiger partial charge in [-0.25, -0.2) is 0 Å². The summed E-state index contributed by atoms with van der Waals surface area (Å²) in [6, 6.07) is 0.640. The van der Waals surface area contributed by atoms with Crippen LogP contribution in [0.25, 0.3) is 0 Å². The lowest BCUT2D eigenvalue weighted by atomic mass is 9.71. The maximum absolute atomic E-state index is 5.70. The van der Waals surface area contributed by atoms with Gasteiger partial charge in [0.1, 0.15) is 0 Å². The van der Waals surface area contributed by atoms with Crippen LogP contribution in [0.5, 0.6) is 0 Å². The molecule has 1 fully saturated rings. The second-order valence-electron chi connectivity index (χ2n) is 4.20. The van der Waals surface area contributed by atoms with Gasteiger partial charge in [-0.15, -0.1) is 0 Å². The zero-order chi connectivity index (χ0) is 10.3. The second kappa shape index (κ2) is 6.47. The highest BCUT2D eigenvalue weighted by molar-refractivity contribution is 6.09. The van der Waals surface area contributed by atoms with E-state index in [0.29, 0.717) is 6.04 Å². The highest BCUT2D eigenvalue weighted by Gasteiger charge is 2.27. The molecule has 1 N–H and O–H groups in total. The summed E-state index contributed by atoms with van der Waals surface area (Å²) in [5.74, 6) is 0. The van der Waals surface area contributed by atoms with Crippen LogP contribution < -0.4 is 5.32 Å². The molecule has 0 aromatic carbocycles. The van der Waals surface area contributed by atoms with Crippen LogP contribution in [0.1, 0.15) is 47.0 Å². The molecule has 0 aromatic heterocycles. The van der Waals surface area contributed by atoms with Crippen molar-refractivity contribution in [3.63, 3.8) is 0 Å². The summed E-state index contributed by atoms with van der Waals surface area (Å²) >= 11 is 0. The fraction of sp³-hybridized carbons (Fsp3) is 1.00. The molecule has 1 unspecified atom stereocenters. The summed E-state index contributed by atoms with van der Waals surface area (Å²) in [5.41, 5.74) is 0.278. The van der Waals surface area contributed by atoms with Crippen molar-refractivity contribution in [2.75, 3.05) is 6.54 Å². The van der Waals surface area contributed by atoms with Crippen LogP contribution in [0, 0.1) is 5.41 Å². The monoisotopic (exact) mass is 181 g/mol. The van der Waals surface area contributed by atoms with Crippen molar-refractivity contribution in [2.45, 2.75) is 59.3 Å². The van der Waals surface area contributed by atoms with Gasteiger partial charge in [0.25, 0.3) is 0 Å². The van der Waals surface area contributed by atoms with Crippen molar-refractivity contribution in [1.82, 2.24) is 5.32 Å². The molecule has 0 saturated carbocycles. The quantitative estimate of drug-likeness (QED) is 0.646. The average Bonchev–Trinajstić information content (AvgIpc) is 2.22.